The third-order valence-electron chi connectivity index (χ3n) is 3.53. The van der Waals surface area contributed by atoms with E-state index in [1.807, 2.05) is 0 Å². The molecule has 1 aromatic carbocycles. The Morgan fingerprint density at radius 3 is 2.62 bits per heavy atom. The second-order valence-electron chi connectivity index (χ2n) is 4.73. The summed E-state index contributed by atoms with van der Waals surface area (Å²) in [7, 11) is 0. The van der Waals surface area contributed by atoms with E-state index in [4.69, 9.17) is 5.73 Å². The first kappa shape index (κ1) is 12.1. The topological polar surface area (TPSA) is 26.0 Å². The molecule has 0 heterocycles. The van der Waals surface area contributed by atoms with Gasteiger partial charge in [-0.3, -0.25) is 0 Å². The molecule has 0 spiro atoms. The first-order valence-electron chi connectivity index (χ1n) is 6.29. The minimum atomic E-state index is 0.780. The zero-order valence-electron chi connectivity index (χ0n) is 9.71. The minimum Gasteiger partial charge on any atom is -0.330 e. The largest absolute Gasteiger partial charge is 0.330 e. The van der Waals surface area contributed by atoms with E-state index < -0.39 is 0 Å². The van der Waals surface area contributed by atoms with E-state index in [0.29, 0.717) is 0 Å². The smallest absolute Gasteiger partial charge is 0.0212 e. The fourth-order valence-electron chi connectivity index (χ4n) is 2.60. The number of benzene rings is 1. The third-order valence-corrected chi connectivity index (χ3v) is 4.22. The van der Waals surface area contributed by atoms with Crippen LogP contribution in [-0.4, -0.2) is 6.54 Å². The Hall–Kier alpha value is -0.340. The highest BCUT2D eigenvalue weighted by Gasteiger charge is 2.19. The summed E-state index contributed by atoms with van der Waals surface area (Å²) in [6.45, 7) is 0.780. The molecule has 1 aromatic rings. The Morgan fingerprint density at radius 1 is 1.25 bits per heavy atom. The molecule has 0 unspecified atom stereocenters. The second kappa shape index (κ2) is 5.83. The minimum absolute atomic E-state index is 0.780. The van der Waals surface area contributed by atoms with Gasteiger partial charge in [0.05, 0.1) is 0 Å². The van der Waals surface area contributed by atoms with E-state index in [1.165, 1.54) is 41.3 Å². The van der Waals surface area contributed by atoms with Crippen LogP contribution < -0.4 is 5.73 Å². The molecule has 1 aliphatic carbocycles. The van der Waals surface area contributed by atoms with Gasteiger partial charge in [-0.1, -0.05) is 40.9 Å². The molecule has 1 nitrogen and oxygen atoms in total. The Balaban J connectivity index is 2.09. The van der Waals surface area contributed by atoms with Crippen molar-refractivity contribution in [3.63, 3.8) is 0 Å². The average Bonchev–Trinajstić information content (AvgIpc) is 2.80. The SMILES string of the molecule is NCCCc1ccc(C2CCCC2)c(Br)c1. The number of hydrogen-bond donors (Lipinski definition) is 1. The lowest BCUT2D eigenvalue weighted by Crippen LogP contribution is -2.01. The van der Waals surface area contributed by atoms with Gasteiger partial charge >= 0.3 is 0 Å². The third kappa shape index (κ3) is 2.86. The van der Waals surface area contributed by atoms with Crippen LogP contribution in [0.2, 0.25) is 0 Å². The molecule has 0 amide bonds. The molecule has 0 bridgehead atoms. The van der Waals surface area contributed by atoms with Crippen LogP contribution in [0.3, 0.4) is 0 Å². The van der Waals surface area contributed by atoms with E-state index >= 15 is 0 Å². The monoisotopic (exact) mass is 281 g/mol. The maximum absolute atomic E-state index is 5.53. The van der Waals surface area contributed by atoms with E-state index in [0.717, 1.165) is 25.3 Å². The van der Waals surface area contributed by atoms with Gasteiger partial charge in [0, 0.05) is 4.47 Å². The highest BCUT2D eigenvalue weighted by Crippen LogP contribution is 2.37. The molecule has 2 heteroatoms. The fourth-order valence-corrected chi connectivity index (χ4v) is 3.35. The molecule has 0 saturated heterocycles. The molecule has 0 atom stereocenters. The van der Waals surface area contributed by atoms with Crippen LogP contribution in [0.5, 0.6) is 0 Å². The normalized spacial score (nSPS) is 16.9. The second-order valence-corrected chi connectivity index (χ2v) is 5.58. The van der Waals surface area contributed by atoms with Crippen molar-refractivity contribution in [2.75, 3.05) is 6.54 Å². The predicted octanol–water partition coefficient (Wildman–Crippen LogP) is 4.00. The van der Waals surface area contributed by atoms with Crippen LogP contribution >= 0.6 is 15.9 Å². The zero-order valence-corrected chi connectivity index (χ0v) is 11.3. The molecule has 88 valence electrons. The summed E-state index contributed by atoms with van der Waals surface area (Å²) < 4.78 is 1.30. The van der Waals surface area contributed by atoms with Crippen LogP contribution in [-0.2, 0) is 6.42 Å². The molecule has 0 aromatic heterocycles. The summed E-state index contributed by atoms with van der Waals surface area (Å²) in [5.41, 5.74) is 8.44. The highest BCUT2D eigenvalue weighted by atomic mass is 79.9. The quantitative estimate of drug-likeness (QED) is 0.887. The van der Waals surface area contributed by atoms with Crippen molar-refractivity contribution in [2.45, 2.75) is 44.4 Å². The molecule has 2 rings (SSSR count). The van der Waals surface area contributed by atoms with Crippen LogP contribution in [0.4, 0.5) is 0 Å². The zero-order chi connectivity index (χ0) is 11.4. The van der Waals surface area contributed by atoms with Gasteiger partial charge in [0.25, 0.3) is 0 Å². The predicted molar refractivity (Wildman–Crippen MR) is 72.7 cm³/mol. The number of hydrogen-bond acceptors (Lipinski definition) is 1. The summed E-state index contributed by atoms with van der Waals surface area (Å²) in [4.78, 5) is 0. The number of aryl methyl sites for hydroxylation is 1. The molecule has 0 radical (unpaired) electrons. The number of nitrogens with two attached hydrogens (primary N) is 1. The molecule has 1 saturated carbocycles. The van der Waals surface area contributed by atoms with Crippen LogP contribution in [0.1, 0.15) is 49.1 Å². The summed E-state index contributed by atoms with van der Waals surface area (Å²) >= 11 is 3.72. The Bertz CT molecular complexity index is 343. The lowest BCUT2D eigenvalue weighted by Gasteiger charge is -2.13. The molecule has 0 aliphatic heterocycles. The van der Waals surface area contributed by atoms with Gasteiger partial charge in [-0.2, -0.15) is 0 Å². The van der Waals surface area contributed by atoms with Gasteiger partial charge in [0.1, 0.15) is 0 Å². The van der Waals surface area contributed by atoms with Gasteiger partial charge in [0.2, 0.25) is 0 Å². The molecule has 1 aliphatic rings. The summed E-state index contributed by atoms with van der Waals surface area (Å²) in [6, 6.07) is 6.86. The number of halogens is 1. The van der Waals surface area contributed by atoms with Gasteiger partial charge in [-0.15, -0.1) is 0 Å². The highest BCUT2D eigenvalue weighted by molar-refractivity contribution is 9.10. The number of rotatable bonds is 4. The van der Waals surface area contributed by atoms with Crippen LogP contribution in [0, 0.1) is 0 Å². The lowest BCUT2D eigenvalue weighted by molar-refractivity contribution is 0.718. The van der Waals surface area contributed by atoms with Crippen molar-refractivity contribution in [1.82, 2.24) is 0 Å². The Labute approximate surface area is 107 Å². The van der Waals surface area contributed by atoms with Gasteiger partial charge in [-0.05, 0) is 55.3 Å². The van der Waals surface area contributed by atoms with Crippen LogP contribution in [0.15, 0.2) is 22.7 Å². The van der Waals surface area contributed by atoms with Crippen molar-refractivity contribution in [3.05, 3.63) is 33.8 Å². The molecule has 16 heavy (non-hydrogen) atoms. The molecule has 2 N–H and O–H groups in total. The Kier molecular flexibility index (Phi) is 4.42. The first-order valence-corrected chi connectivity index (χ1v) is 7.09. The standard InChI is InChI=1S/C14H20BrN/c15-14-10-11(4-3-9-16)7-8-13(14)12-5-1-2-6-12/h7-8,10,12H,1-6,9,16H2. The van der Waals surface area contributed by atoms with Crippen LogP contribution in [0.25, 0.3) is 0 Å². The lowest BCUT2D eigenvalue weighted by atomic mass is 9.96. The van der Waals surface area contributed by atoms with E-state index in [1.54, 1.807) is 0 Å². The van der Waals surface area contributed by atoms with E-state index in [-0.39, 0.29) is 0 Å². The first-order chi connectivity index (χ1) is 7.81. The summed E-state index contributed by atoms with van der Waals surface area (Å²) in [6.07, 6.45) is 7.69. The molecule has 1 fully saturated rings. The average molecular weight is 282 g/mol. The van der Waals surface area contributed by atoms with Crippen molar-refractivity contribution < 1.29 is 0 Å². The van der Waals surface area contributed by atoms with Crippen molar-refractivity contribution >= 4 is 15.9 Å². The fraction of sp³-hybridized carbons (Fsp3) is 0.571. The van der Waals surface area contributed by atoms with Crippen molar-refractivity contribution in [2.24, 2.45) is 5.73 Å². The Morgan fingerprint density at radius 2 is 2.00 bits per heavy atom. The maximum Gasteiger partial charge on any atom is 0.0212 e. The summed E-state index contributed by atoms with van der Waals surface area (Å²) in [5, 5.41) is 0. The van der Waals surface area contributed by atoms with Gasteiger partial charge in [0.15, 0.2) is 0 Å². The van der Waals surface area contributed by atoms with E-state index in [9.17, 15) is 0 Å². The van der Waals surface area contributed by atoms with Gasteiger partial charge < -0.3 is 5.73 Å². The van der Waals surface area contributed by atoms with Gasteiger partial charge in [-0.25, -0.2) is 0 Å². The summed E-state index contributed by atoms with van der Waals surface area (Å²) in [5.74, 6) is 0.790. The van der Waals surface area contributed by atoms with Crippen molar-refractivity contribution in [3.8, 4) is 0 Å². The molecular weight excluding hydrogens is 262 g/mol. The molecular formula is C14H20BrN. The van der Waals surface area contributed by atoms with E-state index in [2.05, 4.69) is 34.1 Å². The van der Waals surface area contributed by atoms with Crippen molar-refractivity contribution in [1.29, 1.82) is 0 Å². The maximum atomic E-state index is 5.53.